The molecule has 0 aliphatic carbocycles. The van der Waals surface area contributed by atoms with Crippen molar-refractivity contribution in [3.05, 3.63) is 23.8 Å². The van der Waals surface area contributed by atoms with Gasteiger partial charge in [-0.1, -0.05) is 0 Å². The monoisotopic (exact) mass is 166 g/mol. The molecule has 0 radical (unpaired) electrons. The molecule has 4 nitrogen and oxygen atoms in total. The molecule has 1 aromatic rings. The van der Waals surface area contributed by atoms with Crippen molar-refractivity contribution in [3.8, 4) is 0 Å². The molecule has 0 amide bonds. The zero-order valence-corrected chi connectivity index (χ0v) is 7.07. The van der Waals surface area contributed by atoms with E-state index in [0.717, 1.165) is 5.56 Å². The van der Waals surface area contributed by atoms with Crippen LogP contribution in [0.3, 0.4) is 0 Å². The van der Waals surface area contributed by atoms with Gasteiger partial charge in [0.25, 0.3) is 0 Å². The first-order valence-electron chi connectivity index (χ1n) is 3.56. The molecule has 0 saturated carbocycles. The smallest absolute Gasteiger partial charge is 0.313 e. The second-order valence-electron chi connectivity index (χ2n) is 2.43. The van der Waals surface area contributed by atoms with Gasteiger partial charge < -0.3 is 4.74 Å². The molecular weight excluding hydrogens is 156 g/mol. The van der Waals surface area contributed by atoms with Crippen molar-refractivity contribution < 1.29 is 9.53 Å². The Morgan fingerprint density at radius 3 is 2.58 bits per heavy atom. The van der Waals surface area contributed by atoms with Crippen LogP contribution in [0.4, 0.5) is 0 Å². The van der Waals surface area contributed by atoms with Crippen molar-refractivity contribution in [2.45, 2.75) is 13.3 Å². The minimum atomic E-state index is -0.321. The Hall–Kier alpha value is -1.45. The number of aromatic nitrogens is 2. The molecule has 0 fully saturated rings. The Labute approximate surface area is 70.6 Å². The second kappa shape index (κ2) is 3.80. The van der Waals surface area contributed by atoms with Gasteiger partial charge in [-0.05, 0) is 12.5 Å². The molecule has 0 bridgehead atoms. The topological polar surface area (TPSA) is 52.1 Å². The standard InChI is InChI=1S/C8H10N2O2/c1-6-4-9-7(10-5-6)3-8(11)12-2/h4-5H,3H2,1-2H3. The summed E-state index contributed by atoms with van der Waals surface area (Å²) in [5.74, 6) is 0.173. The zero-order chi connectivity index (χ0) is 8.97. The van der Waals surface area contributed by atoms with Crippen LogP contribution in [-0.2, 0) is 16.0 Å². The van der Waals surface area contributed by atoms with Gasteiger partial charge in [-0.25, -0.2) is 9.97 Å². The average molecular weight is 166 g/mol. The largest absolute Gasteiger partial charge is 0.469 e. The van der Waals surface area contributed by atoms with E-state index in [1.807, 2.05) is 6.92 Å². The van der Waals surface area contributed by atoms with Gasteiger partial charge in [-0.2, -0.15) is 0 Å². The number of hydrogen-bond acceptors (Lipinski definition) is 4. The minimum Gasteiger partial charge on any atom is -0.469 e. The van der Waals surface area contributed by atoms with Crippen molar-refractivity contribution in [1.29, 1.82) is 0 Å². The first-order valence-corrected chi connectivity index (χ1v) is 3.56. The molecule has 0 spiro atoms. The fraction of sp³-hybridized carbons (Fsp3) is 0.375. The molecule has 0 unspecified atom stereocenters. The van der Waals surface area contributed by atoms with Crippen LogP contribution in [0, 0.1) is 6.92 Å². The maximum Gasteiger partial charge on any atom is 0.313 e. The molecule has 0 aliphatic rings. The van der Waals surface area contributed by atoms with E-state index >= 15 is 0 Å². The molecule has 0 atom stereocenters. The Morgan fingerprint density at radius 2 is 2.08 bits per heavy atom. The van der Waals surface area contributed by atoms with Crippen LogP contribution in [0.15, 0.2) is 12.4 Å². The minimum absolute atomic E-state index is 0.136. The lowest BCUT2D eigenvalue weighted by Crippen LogP contribution is -2.07. The van der Waals surface area contributed by atoms with Gasteiger partial charge in [0, 0.05) is 12.4 Å². The van der Waals surface area contributed by atoms with Gasteiger partial charge in [-0.3, -0.25) is 4.79 Å². The van der Waals surface area contributed by atoms with Gasteiger partial charge in [0.2, 0.25) is 0 Å². The Balaban J connectivity index is 2.64. The summed E-state index contributed by atoms with van der Waals surface area (Å²) in [6.45, 7) is 1.89. The van der Waals surface area contributed by atoms with Crippen LogP contribution in [-0.4, -0.2) is 23.0 Å². The second-order valence-corrected chi connectivity index (χ2v) is 2.43. The predicted molar refractivity (Wildman–Crippen MR) is 42.5 cm³/mol. The van der Waals surface area contributed by atoms with Crippen molar-refractivity contribution in [1.82, 2.24) is 9.97 Å². The fourth-order valence-corrected chi connectivity index (χ4v) is 0.712. The maximum atomic E-state index is 10.8. The van der Waals surface area contributed by atoms with Gasteiger partial charge in [0.15, 0.2) is 0 Å². The van der Waals surface area contributed by atoms with Crippen molar-refractivity contribution in [2.24, 2.45) is 0 Å². The fourth-order valence-electron chi connectivity index (χ4n) is 0.712. The molecule has 4 heteroatoms. The summed E-state index contributed by atoms with van der Waals surface area (Å²) in [6, 6.07) is 0. The Kier molecular flexibility index (Phi) is 2.74. The van der Waals surface area contributed by atoms with Gasteiger partial charge in [0.05, 0.1) is 7.11 Å². The third-order valence-corrected chi connectivity index (χ3v) is 1.36. The van der Waals surface area contributed by atoms with Gasteiger partial charge in [-0.15, -0.1) is 0 Å². The van der Waals surface area contributed by atoms with E-state index < -0.39 is 0 Å². The number of methoxy groups -OCH3 is 1. The Bertz CT molecular complexity index is 269. The molecule has 0 aromatic carbocycles. The predicted octanol–water partition coefficient (Wildman–Crippen LogP) is 0.501. The normalized spacial score (nSPS) is 9.50. The summed E-state index contributed by atoms with van der Waals surface area (Å²) in [7, 11) is 1.34. The quantitative estimate of drug-likeness (QED) is 0.600. The highest BCUT2D eigenvalue weighted by molar-refractivity contribution is 5.71. The van der Waals surface area contributed by atoms with Gasteiger partial charge in [0.1, 0.15) is 12.2 Å². The highest BCUT2D eigenvalue weighted by atomic mass is 16.5. The summed E-state index contributed by atoms with van der Waals surface area (Å²) in [4.78, 5) is 18.7. The van der Waals surface area contributed by atoms with Crippen molar-refractivity contribution in [3.63, 3.8) is 0 Å². The van der Waals surface area contributed by atoms with Crippen LogP contribution in [0.2, 0.25) is 0 Å². The van der Waals surface area contributed by atoms with E-state index in [1.54, 1.807) is 12.4 Å². The molecular formula is C8H10N2O2. The van der Waals surface area contributed by atoms with E-state index in [2.05, 4.69) is 14.7 Å². The molecule has 1 aromatic heterocycles. The number of carbonyl (C=O) groups is 1. The van der Waals surface area contributed by atoms with Crippen molar-refractivity contribution >= 4 is 5.97 Å². The van der Waals surface area contributed by atoms with Crippen LogP contribution in [0.1, 0.15) is 11.4 Å². The first-order chi connectivity index (χ1) is 5.72. The number of ether oxygens (including phenoxy) is 1. The van der Waals surface area contributed by atoms with Crippen LogP contribution < -0.4 is 0 Å². The Morgan fingerprint density at radius 1 is 1.50 bits per heavy atom. The molecule has 0 saturated heterocycles. The molecule has 12 heavy (non-hydrogen) atoms. The third-order valence-electron chi connectivity index (χ3n) is 1.36. The molecule has 64 valence electrons. The number of carbonyl (C=O) groups excluding carboxylic acids is 1. The first kappa shape index (κ1) is 8.64. The zero-order valence-electron chi connectivity index (χ0n) is 7.07. The number of nitrogens with zero attached hydrogens (tertiary/aromatic N) is 2. The summed E-state index contributed by atoms with van der Waals surface area (Å²) in [5, 5.41) is 0. The molecule has 0 aliphatic heterocycles. The summed E-state index contributed by atoms with van der Waals surface area (Å²) >= 11 is 0. The average Bonchev–Trinajstić information content (AvgIpc) is 2.09. The lowest BCUT2D eigenvalue weighted by atomic mass is 10.3. The van der Waals surface area contributed by atoms with Crippen LogP contribution in [0.25, 0.3) is 0 Å². The van der Waals surface area contributed by atoms with Crippen molar-refractivity contribution in [2.75, 3.05) is 7.11 Å². The highest BCUT2D eigenvalue weighted by Crippen LogP contribution is 1.95. The van der Waals surface area contributed by atoms with E-state index in [-0.39, 0.29) is 12.4 Å². The maximum absolute atomic E-state index is 10.8. The van der Waals surface area contributed by atoms with E-state index in [9.17, 15) is 4.79 Å². The number of hydrogen-bond donors (Lipinski definition) is 0. The third kappa shape index (κ3) is 2.30. The summed E-state index contributed by atoms with van der Waals surface area (Å²) in [6.07, 6.45) is 3.48. The SMILES string of the molecule is COC(=O)Cc1ncc(C)cn1. The van der Waals surface area contributed by atoms with E-state index in [1.165, 1.54) is 7.11 Å². The van der Waals surface area contributed by atoms with E-state index in [0.29, 0.717) is 5.82 Å². The molecule has 0 N–H and O–H groups in total. The number of rotatable bonds is 2. The summed E-state index contributed by atoms with van der Waals surface area (Å²) < 4.78 is 4.47. The summed E-state index contributed by atoms with van der Waals surface area (Å²) in [5.41, 5.74) is 0.976. The van der Waals surface area contributed by atoms with Crippen LogP contribution >= 0.6 is 0 Å². The van der Waals surface area contributed by atoms with Gasteiger partial charge >= 0.3 is 5.97 Å². The lowest BCUT2D eigenvalue weighted by Gasteiger charge is -1.97. The van der Waals surface area contributed by atoms with Crippen LogP contribution in [0.5, 0.6) is 0 Å². The van der Waals surface area contributed by atoms with E-state index in [4.69, 9.17) is 0 Å². The molecule has 1 heterocycles. The highest BCUT2D eigenvalue weighted by Gasteiger charge is 2.03. The number of aryl methyl sites for hydroxylation is 1. The number of esters is 1. The molecule has 1 rings (SSSR count). The lowest BCUT2D eigenvalue weighted by molar-refractivity contribution is -0.139.